The van der Waals surface area contributed by atoms with Crippen LogP contribution in [0.15, 0.2) is 52.5 Å². The van der Waals surface area contributed by atoms with Crippen LogP contribution < -0.4 is 10.5 Å². The number of nitrogens with zero attached hydrogens (tertiary/aromatic N) is 1. The number of hydrogen-bond acceptors (Lipinski definition) is 4. The topological polar surface area (TPSA) is 48.1 Å². The van der Waals surface area contributed by atoms with Gasteiger partial charge in [-0.25, -0.2) is 4.98 Å². The standard InChI is InChI=1S/C16H20N2OS/c1-3-13(17)10-12-6-5-9-18-16(12)20-15-8-4-7-14(11-15)19-2/h4-9,11,13H,3,10,17H2,1-2H3. The highest BCUT2D eigenvalue weighted by atomic mass is 32.2. The van der Waals surface area contributed by atoms with Gasteiger partial charge in [0, 0.05) is 17.1 Å². The van der Waals surface area contributed by atoms with E-state index < -0.39 is 0 Å². The van der Waals surface area contributed by atoms with E-state index in [1.807, 2.05) is 30.5 Å². The number of nitrogens with two attached hydrogens (primary N) is 1. The van der Waals surface area contributed by atoms with Crippen LogP contribution in [0.1, 0.15) is 18.9 Å². The second-order valence-electron chi connectivity index (χ2n) is 4.62. The summed E-state index contributed by atoms with van der Waals surface area (Å²) >= 11 is 1.65. The van der Waals surface area contributed by atoms with Crippen molar-refractivity contribution in [2.24, 2.45) is 5.73 Å². The van der Waals surface area contributed by atoms with Crippen molar-refractivity contribution in [1.29, 1.82) is 0 Å². The minimum Gasteiger partial charge on any atom is -0.497 e. The van der Waals surface area contributed by atoms with Crippen LogP contribution in [0.2, 0.25) is 0 Å². The summed E-state index contributed by atoms with van der Waals surface area (Å²) < 4.78 is 5.25. The van der Waals surface area contributed by atoms with Crippen molar-refractivity contribution < 1.29 is 4.74 Å². The van der Waals surface area contributed by atoms with E-state index in [1.54, 1.807) is 18.9 Å². The maximum atomic E-state index is 6.06. The predicted molar refractivity (Wildman–Crippen MR) is 83.3 cm³/mol. The Kier molecular flexibility index (Phi) is 5.44. The maximum Gasteiger partial charge on any atom is 0.119 e. The van der Waals surface area contributed by atoms with Crippen molar-refractivity contribution in [2.75, 3.05) is 7.11 Å². The summed E-state index contributed by atoms with van der Waals surface area (Å²) in [6.07, 6.45) is 3.65. The van der Waals surface area contributed by atoms with Crippen LogP contribution in [-0.2, 0) is 6.42 Å². The maximum absolute atomic E-state index is 6.06. The molecule has 0 spiro atoms. The van der Waals surface area contributed by atoms with E-state index >= 15 is 0 Å². The number of rotatable bonds is 6. The van der Waals surface area contributed by atoms with Gasteiger partial charge in [-0.1, -0.05) is 30.8 Å². The Labute approximate surface area is 124 Å². The molecule has 2 aromatic rings. The van der Waals surface area contributed by atoms with Crippen LogP contribution in [0.3, 0.4) is 0 Å². The first-order valence-corrected chi connectivity index (χ1v) is 7.56. The van der Waals surface area contributed by atoms with Gasteiger partial charge in [-0.3, -0.25) is 0 Å². The van der Waals surface area contributed by atoms with Gasteiger partial charge in [0.1, 0.15) is 10.8 Å². The molecule has 0 amide bonds. The molecule has 0 aliphatic heterocycles. The Morgan fingerprint density at radius 2 is 2.15 bits per heavy atom. The SMILES string of the molecule is CCC(N)Cc1cccnc1Sc1cccc(OC)c1. The third kappa shape index (κ3) is 3.99. The fraction of sp³-hybridized carbons (Fsp3) is 0.312. The fourth-order valence-electron chi connectivity index (χ4n) is 1.87. The molecule has 0 radical (unpaired) electrons. The molecule has 1 heterocycles. The van der Waals surface area contributed by atoms with Gasteiger partial charge < -0.3 is 10.5 Å². The molecule has 4 heteroatoms. The van der Waals surface area contributed by atoms with Gasteiger partial charge in [0.05, 0.1) is 7.11 Å². The number of hydrogen-bond donors (Lipinski definition) is 1. The van der Waals surface area contributed by atoms with E-state index in [1.165, 1.54) is 5.56 Å². The highest BCUT2D eigenvalue weighted by molar-refractivity contribution is 7.99. The first-order chi connectivity index (χ1) is 9.72. The molecule has 0 saturated carbocycles. The Morgan fingerprint density at radius 1 is 1.30 bits per heavy atom. The zero-order valence-corrected chi connectivity index (χ0v) is 12.7. The number of methoxy groups -OCH3 is 1. The summed E-state index contributed by atoms with van der Waals surface area (Å²) in [5.41, 5.74) is 7.26. The Balaban J connectivity index is 2.19. The first kappa shape index (κ1) is 14.9. The summed E-state index contributed by atoms with van der Waals surface area (Å²) in [7, 11) is 1.68. The molecule has 1 aromatic carbocycles. The monoisotopic (exact) mass is 288 g/mol. The highest BCUT2D eigenvalue weighted by Gasteiger charge is 2.09. The van der Waals surface area contributed by atoms with Crippen molar-refractivity contribution in [2.45, 2.75) is 35.7 Å². The van der Waals surface area contributed by atoms with Gasteiger partial charge in [0.15, 0.2) is 0 Å². The lowest BCUT2D eigenvalue weighted by atomic mass is 10.1. The van der Waals surface area contributed by atoms with E-state index in [-0.39, 0.29) is 6.04 Å². The quantitative estimate of drug-likeness (QED) is 0.883. The molecule has 0 saturated heterocycles. The fourth-order valence-corrected chi connectivity index (χ4v) is 2.82. The molecule has 3 nitrogen and oxygen atoms in total. The van der Waals surface area contributed by atoms with Crippen LogP contribution in [0.5, 0.6) is 5.75 Å². The van der Waals surface area contributed by atoms with Gasteiger partial charge in [-0.05, 0) is 42.7 Å². The van der Waals surface area contributed by atoms with Crippen molar-refractivity contribution in [3.05, 3.63) is 48.2 Å². The van der Waals surface area contributed by atoms with Gasteiger partial charge >= 0.3 is 0 Å². The molecule has 0 aliphatic carbocycles. The number of benzene rings is 1. The van der Waals surface area contributed by atoms with Crippen LogP contribution in [0, 0.1) is 0 Å². The lowest BCUT2D eigenvalue weighted by molar-refractivity contribution is 0.413. The molecule has 2 N–H and O–H groups in total. The van der Waals surface area contributed by atoms with E-state index in [2.05, 4.69) is 24.0 Å². The molecule has 0 bridgehead atoms. The molecule has 106 valence electrons. The van der Waals surface area contributed by atoms with Gasteiger partial charge in [-0.15, -0.1) is 0 Å². The summed E-state index contributed by atoms with van der Waals surface area (Å²) in [4.78, 5) is 5.60. The second kappa shape index (κ2) is 7.31. The first-order valence-electron chi connectivity index (χ1n) is 6.74. The van der Waals surface area contributed by atoms with Crippen molar-refractivity contribution >= 4 is 11.8 Å². The van der Waals surface area contributed by atoms with E-state index in [9.17, 15) is 0 Å². The smallest absolute Gasteiger partial charge is 0.119 e. The number of aromatic nitrogens is 1. The van der Waals surface area contributed by atoms with Crippen LogP contribution in [0.4, 0.5) is 0 Å². The molecule has 1 unspecified atom stereocenters. The summed E-state index contributed by atoms with van der Waals surface area (Å²) in [6, 6.07) is 12.3. The summed E-state index contributed by atoms with van der Waals surface area (Å²) in [5.74, 6) is 0.859. The summed E-state index contributed by atoms with van der Waals surface area (Å²) in [5, 5.41) is 1.02. The molecule has 1 atom stereocenters. The zero-order chi connectivity index (χ0) is 14.4. The third-order valence-electron chi connectivity index (χ3n) is 3.11. The molecule has 2 rings (SSSR count). The zero-order valence-electron chi connectivity index (χ0n) is 11.9. The molecular formula is C16H20N2OS. The largest absolute Gasteiger partial charge is 0.497 e. The second-order valence-corrected chi connectivity index (χ2v) is 5.68. The van der Waals surface area contributed by atoms with E-state index in [0.717, 1.165) is 28.5 Å². The van der Waals surface area contributed by atoms with Gasteiger partial charge in [-0.2, -0.15) is 0 Å². The third-order valence-corrected chi connectivity index (χ3v) is 4.16. The lowest BCUT2D eigenvalue weighted by Crippen LogP contribution is -2.21. The average molecular weight is 288 g/mol. The van der Waals surface area contributed by atoms with Crippen molar-refractivity contribution in [3.63, 3.8) is 0 Å². The minimum atomic E-state index is 0.184. The Bertz CT molecular complexity index is 560. The Morgan fingerprint density at radius 3 is 2.90 bits per heavy atom. The van der Waals surface area contributed by atoms with Gasteiger partial charge in [0.25, 0.3) is 0 Å². The van der Waals surface area contributed by atoms with Gasteiger partial charge in [0.2, 0.25) is 0 Å². The van der Waals surface area contributed by atoms with Crippen LogP contribution in [0.25, 0.3) is 0 Å². The lowest BCUT2D eigenvalue weighted by Gasteiger charge is -2.12. The van der Waals surface area contributed by atoms with E-state index in [0.29, 0.717) is 0 Å². The number of pyridine rings is 1. The van der Waals surface area contributed by atoms with Crippen LogP contribution in [-0.4, -0.2) is 18.1 Å². The molecular weight excluding hydrogens is 268 g/mol. The van der Waals surface area contributed by atoms with Crippen LogP contribution >= 0.6 is 11.8 Å². The van der Waals surface area contributed by atoms with Crippen molar-refractivity contribution in [3.8, 4) is 5.75 Å². The Hall–Kier alpha value is -1.52. The molecule has 0 aliphatic rings. The highest BCUT2D eigenvalue weighted by Crippen LogP contribution is 2.31. The molecule has 0 fully saturated rings. The van der Waals surface area contributed by atoms with E-state index in [4.69, 9.17) is 10.5 Å². The number of ether oxygens (including phenoxy) is 1. The molecule has 1 aromatic heterocycles. The normalized spacial score (nSPS) is 12.2. The predicted octanol–water partition coefficient (Wildman–Crippen LogP) is 3.52. The average Bonchev–Trinajstić information content (AvgIpc) is 2.49. The molecule has 20 heavy (non-hydrogen) atoms. The minimum absolute atomic E-state index is 0.184. The van der Waals surface area contributed by atoms with Crippen molar-refractivity contribution in [1.82, 2.24) is 4.98 Å². The summed E-state index contributed by atoms with van der Waals surface area (Å²) in [6.45, 7) is 2.11.